The molecule has 0 amide bonds. The van der Waals surface area contributed by atoms with Gasteiger partial charge in [-0.15, -0.1) is 0 Å². The first-order valence-electron chi connectivity index (χ1n) is 8.89. The summed E-state index contributed by atoms with van der Waals surface area (Å²) in [5, 5.41) is 3.81. The van der Waals surface area contributed by atoms with Crippen molar-refractivity contribution < 1.29 is 9.53 Å². The van der Waals surface area contributed by atoms with Gasteiger partial charge in [0.05, 0.1) is 0 Å². The maximum Gasteiger partial charge on any atom is 0.306 e. The summed E-state index contributed by atoms with van der Waals surface area (Å²) in [5.74, 6) is -0.170. The van der Waals surface area contributed by atoms with E-state index in [1.54, 1.807) is 0 Å². The highest BCUT2D eigenvalue weighted by Crippen LogP contribution is 2.36. The van der Waals surface area contributed by atoms with E-state index in [-0.39, 0.29) is 12.1 Å². The van der Waals surface area contributed by atoms with E-state index in [9.17, 15) is 4.79 Å². The third-order valence-electron chi connectivity index (χ3n) is 4.24. The Morgan fingerprint density at radius 2 is 1.35 bits per heavy atom. The van der Waals surface area contributed by atoms with E-state index < -0.39 is 7.92 Å². The van der Waals surface area contributed by atoms with E-state index in [1.165, 1.54) is 15.9 Å². The largest absolute Gasteiger partial charge is 0.458 e. The van der Waals surface area contributed by atoms with Crippen molar-refractivity contribution in [3.63, 3.8) is 0 Å². The molecule has 132 valence electrons. The van der Waals surface area contributed by atoms with Gasteiger partial charge in [0, 0.05) is 12.0 Å². The summed E-state index contributed by atoms with van der Waals surface area (Å²) in [6.45, 7) is 3.78. The molecular weight excluding hydrogens is 339 g/mol. The molecule has 0 aliphatic carbocycles. The first kappa shape index (κ1) is 18.4. The molecule has 1 atom stereocenters. The number of esters is 1. The van der Waals surface area contributed by atoms with Crippen molar-refractivity contribution in [1.82, 2.24) is 0 Å². The molecule has 26 heavy (non-hydrogen) atoms. The molecule has 0 saturated heterocycles. The monoisotopic (exact) mass is 362 g/mol. The summed E-state index contributed by atoms with van der Waals surface area (Å²) in [7, 11) is -0.720. The Balaban J connectivity index is 2.09. The molecule has 3 aromatic rings. The highest BCUT2D eigenvalue weighted by atomic mass is 31.1. The van der Waals surface area contributed by atoms with Crippen LogP contribution in [0.5, 0.6) is 0 Å². The van der Waals surface area contributed by atoms with Gasteiger partial charge in [-0.3, -0.25) is 4.79 Å². The Bertz CT molecular complexity index is 807. The molecule has 0 fully saturated rings. The fourth-order valence-electron chi connectivity index (χ4n) is 2.96. The van der Waals surface area contributed by atoms with Crippen LogP contribution < -0.4 is 15.9 Å². The van der Waals surface area contributed by atoms with E-state index in [1.807, 2.05) is 32.0 Å². The molecule has 3 heteroatoms. The number of carbonyl (C=O) groups excluding carboxylic acids is 1. The van der Waals surface area contributed by atoms with Crippen LogP contribution in [0.1, 0.15) is 31.9 Å². The number of ether oxygens (including phenoxy) is 1. The van der Waals surface area contributed by atoms with Crippen molar-refractivity contribution >= 4 is 29.8 Å². The van der Waals surface area contributed by atoms with E-state index in [2.05, 4.69) is 66.7 Å². The lowest BCUT2D eigenvalue weighted by molar-refractivity contribution is -0.148. The molecule has 0 spiro atoms. The van der Waals surface area contributed by atoms with E-state index in [0.717, 1.165) is 5.56 Å². The summed E-state index contributed by atoms with van der Waals surface area (Å²) in [6.07, 6.45) is 0.120. The van der Waals surface area contributed by atoms with Gasteiger partial charge in [-0.2, -0.15) is 0 Å². The Kier molecular flexibility index (Phi) is 6.20. The van der Waals surface area contributed by atoms with Gasteiger partial charge in [0.1, 0.15) is 6.10 Å². The number of benzene rings is 3. The molecule has 0 radical (unpaired) electrons. The zero-order valence-corrected chi connectivity index (χ0v) is 16.0. The molecule has 0 saturated carbocycles. The SMILES string of the molecule is CCC(=O)O[C@H](C)c1ccccc1P(c1ccccc1)c1ccccc1. The van der Waals surface area contributed by atoms with Crippen LogP contribution in [-0.4, -0.2) is 5.97 Å². The highest BCUT2D eigenvalue weighted by molar-refractivity contribution is 7.79. The van der Waals surface area contributed by atoms with E-state index in [4.69, 9.17) is 4.74 Å². The lowest BCUT2D eigenvalue weighted by Gasteiger charge is -2.24. The van der Waals surface area contributed by atoms with Crippen LogP contribution >= 0.6 is 7.92 Å². The average Bonchev–Trinajstić information content (AvgIpc) is 2.70. The van der Waals surface area contributed by atoms with Gasteiger partial charge < -0.3 is 4.74 Å². The Hall–Kier alpha value is -2.44. The minimum atomic E-state index is -0.720. The number of hydrogen-bond acceptors (Lipinski definition) is 2. The van der Waals surface area contributed by atoms with E-state index >= 15 is 0 Å². The third-order valence-corrected chi connectivity index (χ3v) is 6.76. The van der Waals surface area contributed by atoms with Gasteiger partial charge in [0.2, 0.25) is 0 Å². The second-order valence-electron chi connectivity index (χ2n) is 6.05. The van der Waals surface area contributed by atoms with Crippen LogP contribution in [0.15, 0.2) is 84.9 Å². The van der Waals surface area contributed by atoms with Gasteiger partial charge in [0.25, 0.3) is 0 Å². The first-order chi connectivity index (χ1) is 12.7. The third kappa shape index (κ3) is 4.20. The van der Waals surface area contributed by atoms with Crippen LogP contribution in [0.4, 0.5) is 0 Å². The highest BCUT2D eigenvalue weighted by Gasteiger charge is 2.22. The average molecular weight is 362 g/mol. The zero-order valence-electron chi connectivity index (χ0n) is 15.1. The second-order valence-corrected chi connectivity index (χ2v) is 8.24. The topological polar surface area (TPSA) is 26.3 Å². The molecule has 0 aromatic heterocycles. The number of carbonyl (C=O) groups is 1. The minimum Gasteiger partial charge on any atom is -0.458 e. The zero-order chi connectivity index (χ0) is 18.4. The van der Waals surface area contributed by atoms with Crippen molar-refractivity contribution in [2.24, 2.45) is 0 Å². The van der Waals surface area contributed by atoms with Gasteiger partial charge in [-0.1, -0.05) is 91.9 Å². The maximum absolute atomic E-state index is 11.8. The summed E-state index contributed by atoms with van der Waals surface area (Å²) in [6, 6.07) is 29.4. The first-order valence-corrected chi connectivity index (χ1v) is 10.2. The van der Waals surface area contributed by atoms with Crippen LogP contribution in [0.3, 0.4) is 0 Å². The molecule has 3 rings (SSSR count). The van der Waals surface area contributed by atoms with Crippen molar-refractivity contribution in [2.75, 3.05) is 0 Å². The lowest BCUT2D eigenvalue weighted by Crippen LogP contribution is -2.25. The predicted octanol–water partition coefficient (Wildman–Crippen LogP) is 4.46. The van der Waals surface area contributed by atoms with E-state index in [0.29, 0.717) is 6.42 Å². The van der Waals surface area contributed by atoms with Crippen molar-refractivity contribution in [3.05, 3.63) is 90.5 Å². The molecule has 0 N–H and O–H groups in total. The van der Waals surface area contributed by atoms with Crippen molar-refractivity contribution in [1.29, 1.82) is 0 Å². The van der Waals surface area contributed by atoms with Crippen molar-refractivity contribution in [2.45, 2.75) is 26.4 Å². The van der Waals surface area contributed by atoms with Gasteiger partial charge in [-0.25, -0.2) is 0 Å². The van der Waals surface area contributed by atoms with Crippen LogP contribution in [0.25, 0.3) is 0 Å². The Morgan fingerprint density at radius 1 is 0.846 bits per heavy atom. The quantitative estimate of drug-likeness (QED) is 0.478. The number of hydrogen-bond donors (Lipinski definition) is 0. The van der Waals surface area contributed by atoms with Gasteiger partial charge in [-0.05, 0) is 30.8 Å². The Labute approximate surface area is 156 Å². The minimum absolute atomic E-state index is 0.170. The normalized spacial score (nSPS) is 12.0. The fraction of sp³-hybridized carbons (Fsp3) is 0.174. The van der Waals surface area contributed by atoms with Gasteiger partial charge >= 0.3 is 5.97 Å². The molecule has 0 aliphatic rings. The van der Waals surface area contributed by atoms with Crippen molar-refractivity contribution in [3.8, 4) is 0 Å². The van der Waals surface area contributed by atoms with Crippen LogP contribution in [0, 0.1) is 0 Å². The molecule has 0 heterocycles. The smallest absolute Gasteiger partial charge is 0.306 e. The van der Waals surface area contributed by atoms with Crippen LogP contribution in [0.2, 0.25) is 0 Å². The molecule has 3 aromatic carbocycles. The predicted molar refractivity (Wildman–Crippen MR) is 110 cm³/mol. The number of rotatable bonds is 6. The fourth-order valence-corrected chi connectivity index (χ4v) is 5.50. The van der Waals surface area contributed by atoms with Crippen LogP contribution in [-0.2, 0) is 9.53 Å². The molecular formula is C23H23O2P. The summed E-state index contributed by atoms with van der Waals surface area (Å²) >= 11 is 0. The summed E-state index contributed by atoms with van der Waals surface area (Å²) < 4.78 is 5.62. The molecule has 0 unspecified atom stereocenters. The summed E-state index contributed by atoms with van der Waals surface area (Å²) in [4.78, 5) is 11.8. The lowest BCUT2D eigenvalue weighted by atomic mass is 10.1. The molecule has 2 nitrogen and oxygen atoms in total. The summed E-state index contributed by atoms with van der Waals surface area (Å²) in [5.41, 5.74) is 1.08. The second kappa shape index (κ2) is 8.78. The van der Waals surface area contributed by atoms with Gasteiger partial charge in [0.15, 0.2) is 0 Å². The Morgan fingerprint density at radius 3 is 1.88 bits per heavy atom. The standard InChI is InChI=1S/C23H23O2P/c1-3-23(24)25-18(2)21-16-10-11-17-22(21)26(19-12-6-4-7-13-19)20-14-8-5-9-15-20/h4-18H,3H2,1-2H3/t18-/m1/s1. The molecule has 0 aliphatic heterocycles. The maximum atomic E-state index is 11.8. The molecule has 0 bridgehead atoms.